The summed E-state index contributed by atoms with van der Waals surface area (Å²) >= 11 is 8.29. The van der Waals surface area contributed by atoms with Gasteiger partial charge in [0.05, 0.1) is 17.7 Å². The van der Waals surface area contributed by atoms with Gasteiger partial charge in [-0.25, -0.2) is 4.68 Å². The van der Waals surface area contributed by atoms with Crippen molar-refractivity contribution in [2.75, 3.05) is 7.11 Å². The van der Waals surface area contributed by atoms with Gasteiger partial charge in [0.1, 0.15) is 5.75 Å². The van der Waals surface area contributed by atoms with Crippen LogP contribution in [0.15, 0.2) is 71.0 Å². The number of halogens is 1. The van der Waals surface area contributed by atoms with Crippen molar-refractivity contribution in [1.82, 2.24) is 9.78 Å². The predicted octanol–water partition coefficient (Wildman–Crippen LogP) is 4.63. The molecule has 4 rings (SSSR count). The standard InChI is InChI=1S/C21H14ClN3O3S2/c1-28-16-10-8-15(9-11-16)25-21(23-19(27)13-4-6-14(22)7-5-13)30-20(24-25)18(26)17-3-2-12-29-17/h2-12H,1H3. The van der Waals surface area contributed by atoms with Gasteiger partial charge in [-0.05, 0) is 60.0 Å². The van der Waals surface area contributed by atoms with E-state index in [2.05, 4.69) is 10.1 Å². The molecule has 0 saturated heterocycles. The van der Waals surface area contributed by atoms with Crippen LogP contribution in [0.2, 0.25) is 5.02 Å². The number of nitrogens with zero attached hydrogens (tertiary/aromatic N) is 3. The molecule has 0 aliphatic carbocycles. The maximum Gasteiger partial charge on any atom is 0.279 e. The molecule has 0 N–H and O–H groups in total. The van der Waals surface area contributed by atoms with Crippen LogP contribution in [-0.2, 0) is 0 Å². The minimum Gasteiger partial charge on any atom is -0.497 e. The molecule has 0 radical (unpaired) electrons. The zero-order valence-electron chi connectivity index (χ0n) is 15.6. The summed E-state index contributed by atoms with van der Waals surface area (Å²) in [6, 6.07) is 17.1. The highest BCUT2D eigenvalue weighted by molar-refractivity contribution is 7.15. The second-order valence-corrected chi connectivity index (χ2v) is 8.37. The second-order valence-electron chi connectivity index (χ2n) is 6.03. The number of amides is 1. The first-order valence-electron chi connectivity index (χ1n) is 8.72. The molecule has 4 aromatic rings. The lowest BCUT2D eigenvalue weighted by atomic mass is 10.2. The van der Waals surface area contributed by atoms with Crippen molar-refractivity contribution in [3.63, 3.8) is 0 Å². The van der Waals surface area contributed by atoms with E-state index in [4.69, 9.17) is 16.3 Å². The molecule has 9 heteroatoms. The third kappa shape index (κ3) is 4.25. The van der Waals surface area contributed by atoms with Crippen LogP contribution in [0, 0.1) is 0 Å². The molecule has 0 atom stereocenters. The van der Waals surface area contributed by atoms with Crippen LogP contribution < -0.4 is 9.54 Å². The van der Waals surface area contributed by atoms with E-state index in [0.29, 0.717) is 31.7 Å². The average Bonchev–Trinajstić information content (AvgIpc) is 3.44. The minimum absolute atomic E-state index is 0.211. The maximum atomic E-state index is 12.8. The largest absolute Gasteiger partial charge is 0.497 e. The number of hydrogen-bond donors (Lipinski definition) is 0. The fourth-order valence-corrected chi connectivity index (χ4v) is 4.31. The van der Waals surface area contributed by atoms with Gasteiger partial charge in [-0.3, -0.25) is 9.59 Å². The summed E-state index contributed by atoms with van der Waals surface area (Å²) in [6.07, 6.45) is 0. The predicted molar refractivity (Wildman–Crippen MR) is 117 cm³/mol. The van der Waals surface area contributed by atoms with E-state index in [1.807, 2.05) is 5.38 Å². The fraction of sp³-hybridized carbons (Fsp3) is 0.0476. The first-order chi connectivity index (χ1) is 14.5. The number of carbonyl (C=O) groups excluding carboxylic acids is 2. The van der Waals surface area contributed by atoms with Crippen LogP contribution in [0.1, 0.15) is 25.0 Å². The fourth-order valence-electron chi connectivity index (χ4n) is 2.59. The van der Waals surface area contributed by atoms with Crippen LogP contribution in [0.4, 0.5) is 0 Å². The summed E-state index contributed by atoms with van der Waals surface area (Å²) in [6.45, 7) is 0. The third-order valence-corrected chi connectivity index (χ3v) is 6.13. The number of rotatable bonds is 5. The highest BCUT2D eigenvalue weighted by atomic mass is 35.5. The summed E-state index contributed by atoms with van der Waals surface area (Å²) < 4.78 is 6.68. The van der Waals surface area contributed by atoms with Gasteiger partial charge in [0.2, 0.25) is 10.6 Å². The summed E-state index contributed by atoms with van der Waals surface area (Å²) in [4.78, 5) is 30.5. The van der Waals surface area contributed by atoms with Gasteiger partial charge < -0.3 is 4.74 Å². The minimum atomic E-state index is -0.451. The molecule has 150 valence electrons. The molecule has 0 aliphatic heterocycles. The number of benzene rings is 2. The summed E-state index contributed by atoms with van der Waals surface area (Å²) in [7, 11) is 1.58. The average molecular weight is 456 g/mol. The Hall–Kier alpha value is -3.07. The van der Waals surface area contributed by atoms with Gasteiger partial charge in [0.15, 0.2) is 5.01 Å². The smallest absolute Gasteiger partial charge is 0.279 e. The van der Waals surface area contributed by atoms with Crippen LogP contribution in [0.25, 0.3) is 5.69 Å². The summed E-state index contributed by atoms with van der Waals surface area (Å²) in [5, 5.41) is 7.04. The number of aromatic nitrogens is 2. The lowest BCUT2D eigenvalue weighted by Crippen LogP contribution is -2.16. The normalized spacial score (nSPS) is 11.5. The first-order valence-corrected chi connectivity index (χ1v) is 10.8. The molecule has 2 aromatic carbocycles. The van der Waals surface area contributed by atoms with Gasteiger partial charge in [-0.1, -0.05) is 29.0 Å². The molecular weight excluding hydrogens is 442 g/mol. The molecule has 2 aromatic heterocycles. The van der Waals surface area contributed by atoms with Crippen molar-refractivity contribution in [2.45, 2.75) is 0 Å². The second kappa shape index (κ2) is 8.74. The van der Waals surface area contributed by atoms with E-state index in [1.165, 1.54) is 16.0 Å². The Labute approximate surface area is 184 Å². The van der Waals surface area contributed by atoms with Gasteiger partial charge in [0.25, 0.3) is 5.91 Å². The van der Waals surface area contributed by atoms with Crippen LogP contribution in [-0.4, -0.2) is 28.6 Å². The Bertz CT molecular complexity index is 1260. The Balaban J connectivity index is 1.81. The number of hydrogen-bond acceptors (Lipinski definition) is 6. The monoisotopic (exact) mass is 455 g/mol. The molecule has 30 heavy (non-hydrogen) atoms. The number of ketones is 1. The molecule has 0 saturated carbocycles. The van der Waals surface area contributed by atoms with Crippen molar-refractivity contribution >= 4 is 46.0 Å². The number of ether oxygens (including phenoxy) is 1. The van der Waals surface area contributed by atoms with Crippen LogP contribution in [0.5, 0.6) is 5.75 Å². The third-order valence-electron chi connectivity index (χ3n) is 4.10. The van der Waals surface area contributed by atoms with Crippen LogP contribution >= 0.6 is 34.3 Å². The number of methoxy groups -OCH3 is 1. The first kappa shape index (κ1) is 20.2. The van der Waals surface area contributed by atoms with E-state index >= 15 is 0 Å². The molecule has 2 heterocycles. The highest BCUT2D eigenvalue weighted by Crippen LogP contribution is 2.18. The van der Waals surface area contributed by atoms with E-state index in [1.54, 1.807) is 67.8 Å². The molecule has 0 unspecified atom stereocenters. The van der Waals surface area contributed by atoms with Gasteiger partial charge in [0, 0.05) is 10.6 Å². The van der Waals surface area contributed by atoms with E-state index in [9.17, 15) is 9.59 Å². The molecule has 0 aliphatic rings. The summed E-state index contributed by atoms with van der Waals surface area (Å²) in [5.74, 6) is 0.0190. The topological polar surface area (TPSA) is 73.6 Å². The molecule has 6 nitrogen and oxygen atoms in total. The molecule has 1 amide bonds. The Kier molecular flexibility index (Phi) is 5.89. The van der Waals surface area contributed by atoms with E-state index in [0.717, 1.165) is 11.3 Å². The van der Waals surface area contributed by atoms with Crippen molar-refractivity contribution < 1.29 is 14.3 Å². The molecule has 0 bridgehead atoms. The van der Waals surface area contributed by atoms with Gasteiger partial charge >= 0.3 is 0 Å². The molecular formula is C21H14ClN3O3S2. The molecule has 0 fully saturated rings. The SMILES string of the molecule is COc1ccc(-n2nc(C(=O)c3cccs3)sc2=NC(=O)c2ccc(Cl)cc2)cc1. The summed E-state index contributed by atoms with van der Waals surface area (Å²) in [5.41, 5.74) is 1.04. The zero-order valence-corrected chi connectivity index (χ0v) is 18.0. The lowest BCUT2D eigenvalue weighted by Gasteiger charge is -2.03. The molecule has 0 spiro atoms. The Morgan fingerprint density at radius 2 is 1.80 bits per heavy atom. The zero-order chi connectivity index (χ0) is 21.1. The highest BCUT2D eigenvalue weighted by Gasteiger charge is 2.18. The van der Waals surface area contributed by atoms with Gasteiger partial charge in [-0.2, -0.15) is 10.1 Å². The van der Waals surface area contributed by atoms with Crippen molar-refractivity contribution in [3.05, 3.63) is 91.3 Å². The van der Waals surface area contributed by atoms with Crippen LogP contribution in [0.3, 0.4) is 0 Å². The van der Waals surface area contributed by atoms with Crippen molar-refractivity contribution in [3.8, 4) is 11.4 Å². The van der Waals surface area contributed by atoms with E-state index in [-0.39, 0.29) is 10.8 Å². The quantitative estimate of drug-likeness (QED) is 0.411. The maximum absolute atomic E-state index is 12.8. The van der Waals surface area contributed by atoms with Gasteiger partial charge in [-0.15, -0.1) is 11.3 Å². The van der Waals surface area contributed by atoms with Crippen molar-refractivity contribution in [1.29, 1.82) is 0 Å². The van der Waals surface area contributed by atoms with E-state index < -0.39 is 5.91 Å². The Morgan fingerprint density at radius 1 is 1.07 bits per heavy atom. The number of thiophene rings is 1. The van der Waals surface area contributed by atoms with Crippen molar-refractivity contribution in [2.24, 2.45) is 4.99 Å². The Morgan fingerprint density at radius 3 is 2.43 bits per heavy atom. The lowest BCUT2D eigenvalue weighted by molar-refractivity contribution is 0.0996. The number of carbonyl (C=O) groups is 2.